The SMILES string of the molecule is C=[NH+]/C(Nc1ccccc1)=C(/C)N. The smallest absolute Gasteiger partial charge is 0.295 e. The van der Waals surface area contributed by atoms with E-state index < -0.39 is 0 Å². The van der Waals surface area contributed by atoms with Crippen molar-refractivity contribution in [2.45, 2.75) is 6.92 Å². The van der Waals surface area contributed by atoms with Crippen molar-refractivity contribution in [2.75, 3.05) is 5.32 Å². The van der Waals surface area contributed by atoms with Crippen molar-refractivity contribution in [3.63, 3.8) is 0 Å². The molecule has 1 aromatic rings. The van der Waals surface area contributed by atoms with Gasteiger partial charge in [-0.1, -0.05) is 18.2 Å². The van der Waals surface area contributed by atoms with Crippen LogP contribution in [0.2, 0.25) is 0 Å². The van der Waals surface area contributed by atoms with Gasteiger partial charge < -0.3 is 5.73 Å². The van der Waals surface area contributed by atoms with Gasteiger partial charge in [0.05, 0.1) is 12.4 Å². The number of nitrogens with one attached hydrogen (secondary N) is 2. The Morgan fingerprint density at radius 3 is 2.46 bits per heavy atom. The zero-order valence-electron chi connectivity index (χ0n) is 7.67. The first-order valence-corrected chi connectivity index (χ1v) is 4.05. The highest BCUT2D eigenvalue weighted by Gasteiger charge is 2.03. The lowest BCUT2D eigenvalue weighted by molar-refractivity contribution is -0.385. The summed E-state index contributed by atoms with van der Waals surface area (Å²) in [5.41, 5.74) is 7.27. The maximum atomic E-state index is 5.61. The van der Waals surface area contributed by atoms with Crippen LogP contribution in [0, 0.1) is 0 Å². The average molecular weight is 176 g/mol. The molecule has 13 heavy (non-hydrogen) atoms. The molecule has 0 aromatic heterocycles. The fourth-order valence-electron chi connectivity index (χ4n) is 0.948. The van der Waals surface area contributed by atoms with Crippen LogP contribution in [0.4, 0.5) is 5.69 Å². The minimum absolute atomic E-state index is 0.679. The van der Waals surface area contributed by atoms with Crippen LogP contribution in [0.15, 0.2) is 41.8 Å². The van der Waals surface area contributed by atoms with Crippen molar-refractivity contribution in [3.8, 4) is 0 Å². The maximum absolute atomic E-state index is 5.61. The van der Waals surface area contributed by atoms with Gasteiger partial charge in [0.1, 0.15) is 5.69 Å². The summed E-state index contributed by atoms with van der Waals surface area (Å²) >= 11 is 0. The molecule has 0 unspecified atom stereocenters. The number of anilines is 1. The second-order valence-electron chi connectivity index (χ2n) is 2.73. The van der Waals surface area contributed by atoms with Crippen molar-refractivity contribution >= 4 is 12.4 Å². The van der Waals surface area contributed by atoms with Gasteiger partial charge in [-0.3, -0.25) is 4.99 Å². The summed E-state index contributed by atoms with van der Waals surface area (Å²) in [5.74, 6) is 0.728. The van der Waals surface area contributed by atoms with Gasteiger partial charge in [0, 0.05) is 0 Å². The quantitative estimate of drug-likeness (QED) is 0.569. The number of hydrogen-bond donors (Lipinski definition) is 3. The van der Waals surface area contributed by atoms with Crippen molar-refractivity contribution in [1.29, 1.82) is 0 Å². The van der Waals surface area contributed by atoms with E-state index in [0.717, 1.165) is 11.5 Å². The molecule has 0 bridgehead atoms. The van der Waals surface area contributed by atoms with Crippen molar-refractivity contribution in [1.82, 2.24) is 0 Å². The number of para-hydroxylation sites is 1. The van der Waals surface area contributed by atoms with Gasteiger partial charge in [-0.2, -0.15) is 0 Å². The van der Waals surface area contributed by atoms with Crippen LogP contribution in [0.1, 0.15) is 6.92 Å². The zero-order valence-corrected chi connectivity index (χ0v) is 7.67. The molecule has 3 nitrogen and oxygen atoms in total. The number of allylic oxidation sites excluding steroid dienone is 1. The zero-order chi connectivity index (χ0) is 9.68. The summed E-state index contributed by atoms with van der Waals surface area (Å²) < 4.78 is 0. The van der Waals surface area contributed by atoms with E-state index in [2.05, 4.69) is 17.0 Å². The van der Waals surface area contributed by atoms with E-state index >= 15 is 0 Å². The Bertz CT molecular complexity index is 310. The molecule has 0 fully saturated rings. The fourth-order valence-corrected chi connectivity index (χ4v) is 0.948. The molecule has 0 atom stereocenters. The van der Waals surface area contributed by atoms with Gasteiger partial charge in [-0.25, -0.2) is 5.32 Å². The molecule has 0 aliphatic carbocycles. The van der Waals surface area contributed by atoms with E-state index in [0.29, 0.717) is 5.70 Å². The molecule has 4 N–H and O–H groups in total. The van der Waals surface area contributed by atoms with Gasteiger partial charge in [0.15, 0.2) is 0 Å². The molecule has 68 valence electrons. The molecular formula is C10H14N3+. The number of hydrogen-bond acceptors (Lipinski definition) is 2. The fraction of sp³-hybridized carbons (Fsp3) is 0.100. The molecule has 0 aliphatic heterocycles. The summed E-state index contributed by atoms with van der Waals surface area (Å²) in [6.07, 6.45) is 0. The second kappa shape index (κ2) is 4.30. The highest BCUT2D eigenvalue weighted by molar-refractivity contribution is 5.46. The topological polar surface area (TPSA) is 52.0 Å². The number of nitrogens with two attached hydrogens (primary N) is 1. The van der Waals surface area contributed by atoms with E-state index in [1.807, 2.05) is 37.3 Å². The predicted molar refractivity (Wildman–Crippen MR) is 55.0 cm³/mol. The summed E-state index contributed by atoms with van der Waals surface area (Å²) in [6, 6.07) is 9.78. The van der Waals surface area contributed by atoms with Gasteiger partial charge in [0.25, 0.3) is 5.82 Å². The minimum atomic E-state index is 0.679. The molecule has 1 aromatic carbocycles. The predicted octanol–water partition coefficient (Wildman–Crippen LogP) is 0.0274. The summed E-state index contributed by atoms with van der Waals surface area (Å²) in [5, 5.41) is 3.11. The van der Waals surface area contributed by atoms with Crippen LogP contribution in [-0.2, 0) is 0 Å². The third-order valence-corrected chi connectivity index (χ3v) is 1.61. The normalized spacial score (nSPS) is 11.8. The molecule has 0 amide bonds. The molecule has 0 aliphatic rings. The largest absolute Gasteiger partial charge is 0.396 e. The Labute approximate surface area is 78.0 Å². The molecule has 0 saturated carbocycles. The molecule has 3 heteroatoms. The molecular weight excluding hydrogens is 162 g/mol. The molecule has 0 saturated heterocycles. The first-order valence-electron chi connectivity index (χ1n) is 4.05. The average Bonchev–Trinajstić information content (AvgIpc) is 2.15. The van der Waals surface area contributed by atoms with Crippen molar-refractivity contribution in [3.05, 3.63) is 41.8 Å². The van der Waals surface area contributed by atoms with Crippen LogP contribution in [0.3, 0.4) is 0 Å². The third kappa shape index (κ3) is 2.63. The number of rotatable bonds is 3. The maximum Gasteiger partial charge on any atom is 0.295 e. The lowest BCUT2D eigenvalue weighted by Crippen LogP contribution is -2.66. The van der Waals surface area contributed by atoms with Crippen molar-refractivity contribution < 1.29 is 4.99 Å². The van der Waals surface area contributed by atoms with E-state index in [1.54, 1.807) is 0 Å². The molecule has 0 heterocycles. The van der Waals surface area contributed by atoms with Crippen LogP contribution in [-0.4, -0.2) is 6.72 Å². The third-order valence-electron chi connectivity index (χ3n) is 1.61. The molecule has 1 rings (SSSR count). The second-order valence-corrected chi connectivity index (χ2v) is 2.73. The Morgan fingerprint density at radius 2 is 2.00 bits per heavy atom. The van der Waals surface area contributed by atoms with Gasteiger partial charge >= 0.3 is 0 Å². The van der Waals surface area contributed by atoms with Crippen LogP contribution in [0.25, 0.3) is 0 Å². The van der Waals surface area contributed by atoms with Gasteiger partial charge in [-0.15, -0.1) is 0 Å². The van der Waals surface area contributed by atoms with Crippen LogP contribution < -0.4 is 16.0 Å². The Morgan fingerprint density at radius 1 is 1.38 bits per heavy atom. The highest BCUT2D eigenvalue weighted by atomic mass is 15.0. The Hall–Kier alpha value is -1.77. The van der Waals surface area contributed by atoms with Gasteiger partial charge in [-0.05, 0) is 19.1 Å². The van der Waals surface area contributed by atoms with E-state index in [4.69, 9.17) is 5.73 Å². The van der Waals surface area contributed by atoms with Crippen LogP contribution in [0.5, 0.6) is 0 Å². The van der Waals surface area contributed by atoms with Crippen molar-refractivity contribution in [2.24, 2.45) is 5.73 Å². The standard InChI is InChI=1S/C10H13N3/c1-8(11)10(12-2)13-9-6-4-3-5-7-9/h3-7,13H,2,11H2,1H3/p+1/b10-8+. The lowest BCUT2D eigenvalue weighted by atomic mass is 10.3. The summed E-state index contributed by atoms with van der Waals surface area (Å²) in [4.78, 5) is 2.74. The van der Waals surface area contributed by atoms with E-state index in [1.165, 1.54) is 0 Å². The summed E-state index contributed by atoms with van der Waals surface area (Å²) in [7, 11) is 0. The first-order chi connectivity index (χ1) is 6.24. The van der Waals surface area contributed by atoms with E-state index in [-0.39, 0.29) is 0 Å². The van der Waals surface area contributed by atoms with Gasteiger partial charge in [0.2, 0.25) is 0 Å². The summed E-state index contributed by atoms with van der Waals surface area (Å²) in [6.45, 7) is 5.36. The van der Waals surface area contributed by atoms with E-state index in [9.17, 15) is 0 Å². The number of benzene rings is 1. The molecule has 0 radical (unpaired) electrons. The highest BCUT2D eigenvalue weighted by Crippen LogP contribution is 2.06. The Kier molecular flexibility index (Phi) is 3.09. The molecule has 0 spiro atoms. The monoisotopic (exact) mass is 176 g/mol. The minimum Gasteiger partial charge on any atom is -0.396 e. The Balaban J connectivity index is 2.80. The lowest BCUT2D eigenvalue weighted by Gasteiger charge is -1.99. The first kappa shape index (κ1) is 9.32. The van der Waals surface area contributed by atoms with Crippen LogP contribution >= 0.6 is 0 Å².